The molecule has 1 aromatic heterocycles. The zero-order valence-electron chi connectivity index (χ0n) is 9.72. The zero-order chi connectivity index (χ0) is 12.7. The maximum Gasteiger partial charge on any atom is 0.311 e. The Morgan fingerprint density at radius 1 is 1.53 bits per heavy atom. The Hall–Kier alpha value is -1.95. The molecule has 0 radical (unpaired) electrons. The minimum absolute atomic E-state index is 0.297. The van der Waals surface area contributed by atoms with Gasteiger partial charge in [0.25, 0.3) is 0 Å². The van der Waals surface area contributed by atoms with Crippen LogP contribution in [0.3, 0.4) is 0 Å². The summed E-state index contributed by atoms with van der Waals surface area (Å²) in [6, 6.07) is 3.62. The molecule has 0 aliphatic carbocycles. The summed E-state index contributed by atoms with van der Waals surface area (Å²) in [6.07, 6.45) is 3.31. The number of likely N-dealkylation sites (N-methyl/N-ethyl adjacent to an activating group) is 1. The largest absolute Gasteiger partial charge is 0.347 e. The number of carbonyl (C=O) groups excluding carboxylic acids is 2. The number of nitrogens with zero attached hydrogens (tertiary/aromatic N) is 2. The van der Waals surface area contributed by atoms with Crippen molar-refractivity contribution in [1.29, 1.82) is 0 Å². The maximum absolute atomic E-state index is 11.6. The Kier molecular flexibility index (Phi) is 5.09. The smallest absolute Gasteiger partial charge is 0.311 e. The second-order valence-electron chi connectivity index (χ2n) is 3.57. The first-order valence-corrected chi connectivity index (χ1v) is 5.27. The van der Waals surface area contributed by atoms with Gasteiger partial charge in [-0.15, -0.1) is 0 Å². The van der Waals surface area contributed by atoms with Crippen LogP contribution in [-0.2, 0) is 16.1 Å². The third kappa shape index (κ3) is 4.20. The standard InChI is InChI=1S/C11H16N4O2/c1-15(8-9-3-2-5-13-7-9)11(17)10(16)14-6-4-12/h2-3,5,7H,4,6,8,12H2,1H3,(H,14,16). The first-order valence-electron chi connectivity index (χ1n) is 5.27. The third-order valence-electron chi connectivity index (χ3n) is 2.11. The van der Waals surface area contributed by atoms with E-state index in [1.54, 1.807) is 25.5 Å². The normalized spacial score (nSPS) is 9.76. The highest BCUT2D eigenvalue weighted by molar-refractivity contribution is 6.34. The van der Waals surface area contributed by atoms with E-state index in [4.69, 9.17) is 5.73 Å². The maximum atomic E-state index is 11.6. The molecule has 0 aliphatic rings. The van der Waals surface area contributed by atoms with Crippen molar-refractivity contribution >= 4 is 11.8 Å². The van der Waals surface area contributed by atoms with E-state index in [1.165, 1.54) is 4.90 Å². The molecule has 6 heteroatoms. The SMILES string of the molecule is CN(Cc1cccnc1)C(=O)C(=O)NCCN. The van der Waals surface area contributed by atoms with Crippen LogP contribution in [0.2, 0.25) is 0 Å². The lowest BCUT2D eigenvalue weighted by molar-refractivity contribution is -0.145. The van der Waals surface area contributed by atoms with Gasteiger partial charge in [0.2, 0.25) is 0 Å². The minimum Gasteiger partial charge on any atom is -0.347 e. The lowest BCUT2D eigenvalue weighted by Gasteiger charge is -2.16. The van der Waals surface area contributed by atoms with Gasteiger partial charge >= 0.3 is 11.8 Å². The summed E-state index contributed by atoms with van der Waals surface area (Å²) in [4.78, 5) is 28.2. The summed E-state index contributed by atoms with van der Waals surface area (Å²) in [6.45, 7) is 0.958. The molecule has 2 amide bonds. The predicted octanol–water partition coefficient (Wildman–Crippen LogP) is -0.885. The Bertz CT molecular complexity index is 380. The number of rotatable bonds is 4. The van der Waals surface area contributed by atoms with Gasteiger partial charge < -0.3 is 16.0 Å². The number of nitrogens with one attached hydrogen (secondary N) is 1. The van der Waals surface area contributed by atoms with E-state index in [2.05, 4.69) is 10.3 Å². The molecule has 0 fully saturated rings. The molecule has 1 heterocycles. The number of carbonyl (C=O) groups is 2. The molecule has 0 saturated heterocycles. The molecule has 6 nitrogen and oxygen atoms in total. The fourth-order valence-electron chi connectivity index (χ4n) is 1.27. The van der Waals surface area contributed by atoms with Gasteiger partial charge in [-0.1, -0.05) is 6.07 Å². The fraction of sp³-hybridized carbons (Fsp3) is 0.364. The number of hydrogen-bond acceptors (Lipinski definition) is 4. The summed E-state index contributed by atoms with van der Waals surface area (Å²) in [5.74, 6) is -1.22. The van der Waals surface area contributed by atoms with Crippen molar-refractivity contribution in [3.05, 3.63) is 30.1 Å². The third-order valence-corrected chi connectivity index (χ3v) is 2.11. The van der Waals surface area contributed by atoms with Crippen LogP contribution in [0.4, 0.5) is 0 Å². The van der Waals surface area contributed by atoms with Gasteiger partial charge in [0, 0.05) is 39.1 Å². The summed E-state index contributed by atoms with van der Waals surface area (Å²) >= 11 is 0. The highest BCUT2D eigenvalue weighted by atomic mass is 16.2. The van der Waals surface area contributed by atoms with Crippen molar-refractivity contribution in [2.75, 3.05) is 20.1 Å². The van der Waals surface area contributed by atoms with Crippen molar-refractivity contribution in [2.45, 2.75) is 6.54 Å². The summed E-state index contributed by atoms with van der Waals surface area (Å²) in [5.41, 5.74) is 6.10. The Balaban J connectivity index is 2.50. The molecule has 0 saturated carbocycles. The molecule has 3 N–H and O–H groups in total. The number of aromatic nitrogens is 1. The zero-order valence-corrected chi connectivity index (χ0v) is 9.72. The Morgan fingerprint density at radius 3 is 2.88 bits per heavy atom. The van der Waals surface area contributed by atoms with E-state index in [1.807, 2.05) is 6.07 Å². The van der Waals surface area contributed by atoms with Gasteiger partial charge in [-0.3, -0.25) is 14.6 Å². The highest BCUT2D eigenvalue weighted by Crippen LogP contribution is 2.00. The average Bonchev–Trinajstić information content (AvgIpc) is 2.36. The average molecular weight is 236 g/mol. The lowest BCUT2D eigenvalue weighted by Crippen LogP contribution is -2.42. The molecule has 0 atom stereocenters. The molecule has 0 aromatic carbocycles. The van der Waals surface area contributed by atoms with Gasteiger partial charge in [0.05, 0.1) is 0 Å². The molecule has 92 valence electrons. The number of hydrogen-bond donors (Lipinski definition) is 2. The second-order valence-corrected chi connectivity index (χ2v) is 3.57. The van der Waals surface area contributed by atoms with Crippen LogP contribution < -0.4 is 11.1 Å². The first kappa shape index (κ1) is 13.1. The van der Waals surface area contributed by atoms with E-state index < -0.39 is 11.8 Å². The number of amides is 2. The van der Waals surface area contributed by atoms with Gasteiger partial charge in [-0.2, -0.15) is 0 Å². The van der Waals surface area contributed by atoms with E-state index in [-0.39, 0.29) is 0 Å². The molecule has 1 aromatic rings. The molecule has 0 aliphatic heterocycles. The first-order chi connectivity index (χ1) is 8.15. The van der Waals surface area contributed by atoms with Crippen LogP contribution >= 0.6 is 0 Å². The van der Waals surface area contributed by atoms with Crippen molar-refractivity contribution in [3.63, 3.8) is 0 Å². The Labute approximate surface area is 99.8 Å². The van der Waals surface area contributed by atoms with Crippen molar-refractivity contribution < 1.29 is 9.59 Å². The lowest BCUT2D eigenvalue weighted by atomic mass is 10.2. The highest BCUT2D eigenvalue weighted by Gasteiger charge is 2.17. The second kappa shape index (κ2) is 6.59. The number of pyridine rings is 1. The van der Waals surface area contributed by atoms with E-state index >= 15 is 0 Å². The van der Waals surface area contributed by atoms with Crippen LogP contribution in [0.1, 0.15) is 5.56 Å². The molecule has 0 spiro atoms. The molecular formula is C11H16N4O2. The van der Waals surface area contributed by atoms with Crippen LogP contribution in [0, 0.1) is 0 Å². The van der Waals surface area contributed by atoms with Gasteiger partial charge in [0.1, 0.15) is 0 Å². The predicted molar refractivity (Wildman–Crippen MR) is 62.8 cm³/mol. The van der Waals surface area contributed by atoms with Crippen molar-refractivity contribution in [1.82, 2.24) is 15.2 Å². The fourth-order valence-corrected chi connectivity index (χ4v) is 1.27. The summed E-state index contributed by atoms with van der Waals surface area (Å²) < 4.78 is 0. The molecule has 17 heavy (non-hydrogen) atoms. The summed E-state index contributed by atoms with van der Waals surface area (Å²) in [7, 11) is 1.57. The molecule has 0 bridgehead atoms. The van der Waals surface area contributed by atoms with E-state index in [0.29, 0.717) is 19.6 Å². The van der Waals surface area contributed by atoms with Crippen LogP contribution in [0.25, 0.3) is 0 Å². The van der Waals surface area contributed by atoms with Gasteiger partial charge in [-0.25, -0.2) is 0 Å². The van der Waals surface area contributed by atoms with Crippen LogP contribution in [0.15, 0.2) is 24.5 Å². The van der Waals surface area contributed by atoms with Gasteiger partial charge in [0.15, 0.2) is 0 Å². The van der Waals surface area contributed by atoms with E-state index in [9.17, 15) is 9.59 Å². The van der Waals surface area contributed by atoms with E-state index in [0.717, 1.165) is 5.56 Å². The van der Waals surface area contributed by atoms with Crippen molar-refractivity contribution in [2.24, 2.45) is 5.73 Å². The Morgan fingerprint density at radius 2 is 2.29 bits per heavy atom. The number of nitrogens with two attached hydrogens (primary N) is 1. The van der Waals surface area contributed by atoms with Crippen molar-refractivity contribution in [3.8, 4) is 0 Å². The molecular weight excluding hydrogens is 220 g/mol. The van der Waals surface area contributed by atoms with Gasteiger partial charge in [-0.05, 0) is 11.6 Å². The molecule has 1 rings (SSSR count). The summed E-state index contributed by atoms with van der Waals surface area (Å²) in [5, 5.41) is 2.43. The van der Waals surface area contributed by atoms with Crippen LogP contribution in [-0.4, -0.2) is 41.8 Å². The van der Waals surface area contributed by atoms with Crippen LogP contribution in [0.5, 0.6) is 0 Å². The quantitative estimate of drug-likeness (QED) is 0.664. The molecule has 0 unspecified atom stereocenters. The topological polar surface area (TPSA) is 88.3 Å². The minimum atomic E-state index is -0.637. The monoisotopic (exact) mass is 236 g/mol.